The van der Waals surface area contributed by atoms with Gasteiger partial charge in [-0.15, -0.1) is 0 Å². The highest BCUT2D eigenvalue weighted by atomic mass is 35.5. The van der Waals surface area contributed by atoms with E-state index in [0.29, 0.717) is 6.54 Å². The van der Waals surface area contributed by atoms with Crippen molar-refractivity contribution in [3.05, 3.63) is 118 Å². The van der Waals surface area contributed by atoms with Crippen LogP contribution in [0, 0.1) is 6.92 Å². The second-order valence-corrected chi connectivity index (χ2v) is 8.33. The van der Waals surface area contributed by atoms with Gasteiger partial charge in [0.1, 0.15) is 0 Å². The van der Waals surface area contributed by atoms with Crippen molar-refractivity contribution in [1.29, 1.82) is 0 Å². The first-order chi connectivity index (χ1) is 15.7. The van der Waals surface area contributed by atoms with Crippen molar-refractivity contribution in [2.75, 3.05) is 0 Å². The minimum atomic E-state index is 0.587. The van der Waals surface area contributed by atoms with Gasteiger partial charge in [0, 0.05) is 33.7 Å². The summed E-state index contributed by atoms with van der Waals surface area (Å²) in [7, 11) is 0. The van der Waals surface area contributed by atoms with Gasteiger partial charge in [0.2, 0.25) is 0 Å². The molecule has 0 saturated carbocycles. The van der Waals surface area contributed by atoms with E-state index in [0.717, 1.165) is 22.7 Å². The summed E-state index contributed by atoms with van der Waals surface area (Å²) in [5.74, 6) is 0. The standard InChI is InChI=1S/C28H24ClN3/c1-20-26(18-31-30-17-22-10-3-6-15-27(22)29)25-14-5-7-16-28(25)32(20)19-23-12-8-11-21-9-2-4-13-24(21)23/h2-16,18,30H,17,19H2,1H3/b31-18-. The molecule has 0 aliphatic rings. The lowest BCUT2D eigenvalue weighted by atomic mass is 10.0. The number of para-hydroxylation sites is 1. The summed E-state index contributed by atoms with van der Waals surface area (Å²) in [4.78, 5) is 0. The predicted molar refractivity (Wildman–Crippen MR) is 136 cm³/mol. The summed E-state index contributed by atoms with van der Waals surface area (Å²) in [6.45, 7) is 3.57. The van der Waals surface area contributed by atoms with E-state index in [1.807, 2.05) is 30.5 Å². The first-order valence-corrected chi connectivity index (χ1v) is 11.1. The molecular formula is C28H24ClN3. The van der Waals surface area contributed by atoms with Crippen LogP contribution in [0.4, 0.5) is 0 Å². The lowest BCUT2D eigenvalue weighted by Gasteiger charge is -2.11. The largest absolute Gasteiger partial charge is 0.340 e. The Morgan fingerprint density at radius 3 is 2.38 bits per heavy atom. The number of halogens is 1. The van der Waals surface area contributed by atoms with Crippen LogP contribution in [0.1, 0.15) is 22.4 Å². The molecule has 1 aromatic heterocycles. The minimum absolute atomic E-state index is 0.587. The number of fused-ring (bicyclic) bond motifs is 2. The third-order valence-electron chi connectivity index (χ3n) is 6.00. The zero-order valence-corrected chi connectivity index (χ0v) is 18.7. The van der Waals surface area contributed by atoms with Crippen molar-refractivity contribution >= 4 is 39.5 Å². The molecule has 0 fully saturated rings. The Bertz CT molecular complexity index is 1430. The SMILES string of the molecule is Cc1c(/C=N\NCc2ccccc2Cl)c2ccccc2n1Cc1cccc2ccccc12. The number of hydrazone groups is 1. The highest BCUT2D eigenvalue weighted by Gasteiger charge is 2.13. The fourth-order valence-electron chi connectivity index (χ4n) is 4.31. The number of hydrogen-bond donors (Lipinski definition) is 1. The van der Waals surface area contributed by atoms with Crippen LogP contribution in [-0.2, 0) is 13.1 Å². The predicted octanol–water partition coefficient (Wildman–Crippen LogP) is 6.93. The maximum absolute atomic E-state index is 6.25. The molecule has 5 rings (SSSR count). The third kappa shape index (κ3) is 3.88. The van der Waals surface area contributed by atoms with Crippen LogP contribution in [0.5, 0.6) is 0 Å². The third-order valence-corrected chi connectivity index (χ3v) is 6.37. The average molecular weight is 438 g/mol. The number of nitrogens with one attached hydrogen (secondary N) is 1. The summed E-state index contributed by atoms with van der Waals surface area (Å²) in [6.07, 6.45) is 1.92. The highest BCUT2D eigenvalue weighted by molar-refractivity contribution is 6.31. The van der Waals surface area contributed by atoms with Gasteiger partial charge >= 0.3 is 0 Å². The monoisotopic (exact) mass is 437 g/mol. The van der Waals surface area contributed by atoms with Gasteiger partial charge in [0.05, 0.1) is 12.8 Å². The smallest absolute Gasteiger partial charge is 0.0594 e. The fraction of sp³-hybridized carbons (Fsp3) is 0.107. The average Bonchev–Trinajstić information content (AvgIpc) is 3.09. The molecule has 0 unspecified atom stereocenters. The number of benzene rings is 4. The Labute approximate surface area is 193 Å². The first-order valence-electron chi connectivity index (χ1n) is 10.8. The van der Waals surface area contributed by atoms with E-state index in [-0.39, 0.29) is 0 Å². The molecule has 5 aromatic rings. The fourth-order valence-corrected chi connectivity index (χ4v) is 4.51. The van der Waals surface area contributed by atoms with Gasteiger partial charge in [-0.3, -0.25) is 0 Å². The minimum Gasteiger partial charge on any atom is -0.340 e. The molecule has 0 saturated heterocycles. The zero-order valence-electron chi connectivity index (χ0n) is 17.9. The summed E-state index contributed by atoms with van der Waals surface area (Å²) in [5, 5.41) is 9.03. The molecule has 0 aliphatic carbocycles. The maximum Gasteiger partial charge on any atom is 0.0594 e. The maximum atomic E-state index is 6.25. The molecule has 0 radical (unpaired) electrons. The topological polar surface area (TPSA) is 29.3 Å². The van der Waals surface area contributed by atoms with E-state index in [1.54, 1.807) is 0 Å². The van der Waals surface area contributed by atoms with E-state index >= 15 is 0 Å². The van der Waals surface area contributed by atoms with Crippen molar-refractivity contribution < 1.29 is 0 Å². The first kappa shape index (κ1) is 20.3. The van der Waals surface area contributed by atoms with E-state index in [1.165, 1.54) is 32.9 Å². The van der Waals surface area contributed by atoms with Crippen LogP contribution >= 0.6 is 11.6 Å². The number of aromatic nitrogens is 1. The molecule has 3 nitrogen and oxygen atoms in total. The summed E-state index contributed by atoms with van der Waals surface area (Å²) in [6, 6.07) is 31.4. The molecule has 4 aromatic carbocycles. The molecule has 0 spiro atoms. The molecule has 4 heteroatoms. The zero-order chi connectivity index (χ0) is 21.9. The molecule has 0 atom stereocenters. The lowest BCUT2D eigenvalue weighted by Crippen LogP contribution is -2.06. The Balaban J connectivity index is 1.47. The van der Waals surface area contributed by atoms with Gasteiger partial charge in [-0.2, -0.15) is 5.10 Å². The van der Waals surface area contributed by atoms with Crippen LogP contribution in [0.3, 0.4) is 0 Å². The second-order valence-electron chi connectivity index (χ2n) is 7.93. The van der Waals surface area contributed by atoms with Crippen LogP contribution in [-0.4, -0.2) is 10.8 Å². The van der Waals surface area contributed by atoms with Crippen LogP contribution in [0.2, 0.25) is 5.02 Å². The van der Waals surface area contributed by atoms with Gasteiger partial charge in [0.25, 0.3) is 0 Å². The number of rotatable bonds is 6. The molecule has 1 N–H and O–H groups in total. The Morgan fingerprint density at radius 2 is 1.50 bits per heavy atom. The van der Waals surface area contributed by atoms with Gasteiger partial charge in [-0.05, 0) is 41.0 Å². The van der Waals surface area contributed by atoms with Gasteiger partial charge in [0.15, 0.2) is 0 Å². The van der Waals surface area contributed by atoms with Crippen molar-refractivity contribution in [2.24, 2.45) is 5.10 Å². The van der Waals surface area contributed by atoms with Crippen molar-refractivity contribution in [3.8, 4) is 0 Å². The van der Waals surface area contributed by atoms with Crippen molar-refractivity contribution in [1.82, 2.24) is 9.99 Å². The van der Waals surface area contributed by atoms with E-state index in [4.69, 9.17) is 11.6 Å². The van der Waals surface area contributed by atoms with E-state index in [2.05, 4.69) is 88.7 Å². The normalized spacial score (nSPS) is 11.6. The van der Waals surface area contributed by atoms with Crippen LogP contribution in [0.25, 0.3) is 21.7 Å². The number of nitrogens with zero attached hydrogens (tertiary/aromatic N) is 2. The molecule has 0 aliphatic heterocycles. The molecule has 0 amide bonds. The lowest BCUT2D eigenvalue weighted by molar-refractivity contribution is 0.748. The van der Waals surface area contributed by atoms with Gasteiger partial charge in [-0.1, -0.05) is 90.5 Å². The molecule has 158 valence electrons. The molecule has 32 heavy (non-hydrogen) atoms. The van der Waals surface area contributed by atoms with Crippen LogP contribution < -0.4 is 5.43 Å². The Morgan fingerprint density at radius 1 is 0.812 bits per heavy atom. The number of hydrogen-bond acceptors (Lipinski definition) is 2. The van der Waals surface area contributed by atoms with Crippen LogP contribution in [0.15, 0.2) is 96.1 Å². The van der Waals surface area contributed by atoms with E-state index in [9.17, 15) is 0 Å². The molecular weight excluding hydrogens is 414 g/mol. The summed E-state index contributed by atoms with van der Waals surface area (Å²) < 4.78 is 2.38. The van der Waals surface area contributed by atoms with Gasteiger partial charge in [-0.25, -0.2) is 0 Å². The summed E-state index contributed by atoms with van der Waals surface area (Å²) in [5.41, 5.74) is 9.03. The quantitative estimate of drug-likeness (QED) is 0.226. The van der Waals surface area contributed by atoms with E-state index < -0.39 is 0 Å². The highest BCUT2D eigenvalue weighted by Crippen LogP contribution is 2.27. The van der Waals surface area contributed by atoms with Crippen molar-refractivity contribution in [2.45, 2.75) is 20.0 Å². The van der Waals surface area contributed by atoms with Gasteiger partial charge < -0.3 is 9.99 Å². The second kappa shape index (κ2) is 8.89. The Hall–Kier alpha value is -3.56. The molecule has 1 heterocycles. The molecule has 0 bridgehead atoms. The Kier molecular flexibility index (Phi) is 5.66. The van der Waals surface area contributed by atoms with Crippen molar-refractivity contribution in [3.63, 3.8) is 0 Å². The summed E-state index contributed by atoms with van der Waals surface area (Å²) >= 11 is 6.25.